The molecule has 6 nitrogen and oxygen atoms in total. The summed E-state index contributed by atoms with van der Waals surface area (Å²) in [5.74, 6) is 0.869. The van der Waals surface area contributed by atoms with Crippen molar-refractivity contribution < 1.29 is 14.3 Å². The molecule has 7 heteroatoms. The highest BCUT2D eigenvalue weighted by Gasteiger charge is 2.17. The molecule has 1 N–H and O–H groups in total. The summed E-state index contributed by atoms with van der Waals surface area (Å²) in [7, 11) is 0. The number of amides is 1. The third-order valence-corrected chi connectivity index (χ3v) is 4.87. The van der Waals surface area contributed by atoms with Crippen LogP contribution in [0, 0.1) is 13.8 Å². The Balaban J connectivity index is 1.52. The minimum Gasteiger partial charge on any atom is -0.486 e. The van der Waals surface area contributed by atoms with E-state index in [2.05, 4.69) is 10.4 Å². The van der Waals surface area contributed by atoms with E-state index < -0.39 is 0 Å². The van der Waals surface area contributed by atoms with Gasteiger partial charge in [-0.3, -0.25) is 4.79 Å². The number of fused-ring (bicyclic) bond motifs is 1. The van der Waals surface area contributed by atoms with Gasteiger partial charge in [-0.25, -0.2) is 4.68 Å². The van der Waals surface area contributed by atoms with Crippen LogP contribution in [-0.4, -0.2) is 28.9 Å². The van der Waals surface area contributed by atoms with E-state index in [0.717, 1.165) is 22.6 Å². The number of aromatic nitrogens is 2. The number of anilines is 1. The van der Waals surface area contributed by atoms with Crippen molar-refractivity contribution in [1.82, 2.24) is 9.78 Å². The second-order valence-corrected chi connectivity index (χ2v) is 7.05. The van der Waals surface area contributed by atoms with Crippen LogP contribution in [0.5, 0.6) is 11.5 Å². The van der Waals surface area contributed by atoms with Crippen LogP contribution in [0.4, 0.5) is 5.69 Å². The van der Waals surface area contributed by atoms with Crippen molar-refractivity contribution in [1.29, 1.82) is 0 Å². The predicted octanol–water partition coefficient (Wildman–Crippen LogP) is 4.57. The van der Waals surface area contributed by atoms with E-state index in [1.165, 1.54) is 6.08 Å². The molecule has 1 aromatic heterocycles. The molecule has 1 aliphatic rings. The molecule has 0 bridgehead atoms. The zero-order valence-corrected chi connectivity index (χ0v) is 16.9. The lowest BCUT2D eigenvalue weighted by Crippen LogP contribution is -2.15. The Hall–Kier alpha value is -3.25. The van der Waals surface area contributed by atoms with Crippen molar-refractivity contribution in [3.05, 3.63) is 70.5 Å². The van der Waals surface area contributed by atoms with E-state index in [4.69, 9.17) is 21.1 Å². The van der Waals surface area contributed by atoms with Gasteiger partial charge >= 0.3 is 0 Å². The Kier molecular flexibility index (Phi) is 5.27. The Morgan fingerprint density at radius 1 is 1.17 bits per heavy atom. The fourth-order valence-electron chi connectivity index (χ4n) is 3.21. The molecule has 0 aliphatic carbocycles. The normalized spacial score (nSPS) is 12.9. The van der Waals surface area contributed by atoms with Crippen molar-refractivity contribution in [2.75, 3.05) is 18.5 Å². The second kappa shape index (κ2) is 8.01. The van der Waals surface area contributed by atoms with Crippen LogP contribution in [0.2, 0.25) is 5.02 Å². The third kappa shape index (κ3) is 3.98. The summed E-state index contributed by atoms with van der Waals surface area (Å²) in [5, 5.41) is 7.92. The summed E-state index contributed by atoms with van der Waals surface area (Å²) >= 11 is 6.24. The molecule has 2 heterocycles. The van der Waals surface area contributed by atoms with Crippen molar-refractivity contribution >= 4 is 29.3 Å². The summed E-state index contributed by atoms with van der Waals surface area (Å²) in [6.45, 7) is 4.74. The number of aryl methyl sites for hydroxylation is 1. The molecule has 29 heavy (non-hydrogen) atoms. The molecular weight excluding hydrogens is 390 g/mol. The molecule has 0 fully saturated rings. The molecule has 0 saturated carbocycles. The SMILES string of the molecule is Cc1nn(-c2ccccc2)c(C)c1NC(=O)/C=C/c1cc(Cl)c2c(c1)OCCO2. The lowest BCUT2D eigenvalue weighted by molar-refractivity contribution is -0.111. The highest BCUT2D eigenvalue weighted by atomic mass is 35.5. The number of hydrogen-bond donors (Lipinski definition) is 1. The molecule has 1 aliphatic heterocycles. The minimum atomic E-state index is -0.255. The van der Waals surface area contributed by atoms with Crippen LogP contribution < -0.4 is 14.8 Å². The first-order chi connectivity index (χ1) is 14.0. The maximum absolute atomic E-state index is 12.5. The van der Waals surface area contributed by atoms with Gasteiger partial charge < -0.3 is 14.8 Å². The topological polar surface area (TPSA) is 65.4 Å². The molecule has 1 amide bonds. The summed E-state index contributed by atoms with van der Waals surface area (Å²) in [4.78, 5) is 12.5. The second-order valence-electron chi connectivity index (χ2n) is 6.64. The zero-order chi connectivity index (χ0) is 20.4. The molecule has 0 radical (unpaired) electrons. The van der Waals surface area contributed by atoms with Crippen molar-refractivity contribution in [3.8, 4) is 17.2 Å². The molecule has 0 saturated heterocycles. The van der Waals surface area contributed by atoms with Gasteiger partial charge in [-0.05, 0) is 49.8 Å². The first kappa shape index (κ1) is 19.1. The number of carbonyl (C=O) groups excluding carboxylic acids is 1. The molecule has 0 unspecified atom stereocenters. The summed E-state index contributed by atoms with van der Waals surface area (Å²) in [5.41, 5.74) is 4.00. The number of ether oxygens (including phenoxy) is 2. The number of para-hydroxylation sites is 1. The fourth-order valence-corrected chi connectivity index (χ4v) is 3.48. The van der Waals surface area contributed by atoms with Crippen LogP contribution in [0.25, 0.3) is 11.8 Å². The van der Waals surface area contributed by atoms with E-state index in [0.29, 0.717) is 35.4 Å². The highest BCUT2D eigenvalue weighted by molar-refractivity contribution is 6.32. The Labute approximate surface area is 173 Å². The number of hydrogen-bond acceptors (Lipinski definition) is 4. The summed E-state index contributed by atoms with van der Waals surface area (Å²) < 4.78 is 12.9. The Morgan fingerprint density at radius 2 is 1.93 bits per heavy atom. The van der Waals surface area contributed by atoms with Gasteiger partial charge in [-0.2, -0.15) is 5.10 Å². The van der Waals surface area contributed by atoms with E-state index >= 15 is 0 Å². The Morgan fingerprint density at radius 3 is 2.72 bits per heavy atom. The van der Waals surface area contributed by atoms with Gasteiger partial charge in [0.15, 0.2) is 11.5 Å². The van der Waals surface area contributed by atoms with Crippen LogP contribution in [0.1, 0.15) is 17.0 Å². The van der Waals surface area contributed by atoms with E-state index in [1.807, 2.05) is 48.9 Å². The number of nitrogens with one attached hydrogen (secondary N) is 1. The van der Waals surface area contributed by atoms with Crippen molar-refractivity contribution in [2.24, 2.45) is 0 Å². The lowest BCUT2D eigenvalue weighted by atomic mass is 10.1. The van der Waals surface area contributed by atoms with Crippen molar-refractivity contribution in [3.63, 3.8) is 0 Å². The van der Waals surface area contributed by atoms with E-state index in [1.54, 1.807) is 18.2 Å². The van der Waals surface area contributed by atoms with Crippen molar-refractivity contribution in [2.45, 2.75) is 13.8 Å². The minimum absolute atomic E-state index is 0.255. The molecular formula is C22H20ClN3O3. The number of nitrogens with zero attached hydrogens (tertiary/aromatic N) is 2. The standard InChI is InChI=1S/C22H20ClN3O3/c1-14-21(15(2)26(25-14)17-6-4-3-5-7-17)24-20(27)9-8-16-12-18(23)22-19(13-16)28-10-11-29-22/h3-9,12-13H,10-11H2,1-2H3,(H,24,27)/b9-8+. The number of benzene rings is 2. The van der Waals surface area contributed by atoms with Crippen LogP contribution in [0.3, 0.4) is 0 Å². The van der Waals surface area contributed by atoms with Gasteiger partial charge in [0, 0.05) is 6.08 Å². The largest absolute Gasteiger partial charge is 0.486 e. The van der Waals surface area contributed by atoms with Crippen LogP contribution in [0.15, 0.2) is 48.5 Å². The van der Waals surface area contributed by atoms with Gasteiger partial charge in [0.1, 0.15) is 13.2 Å². The lowest BCUT2D eigenvalue weighted by Gasteiger charge is -2.19. The van der Waals surface area contributed by atoms with Gasteiger partial charge in [-0.1, -0.05) is 29.8 Å². The summed E-state index contributed by atoms with van der Waals surface area (Å²) in [6, 6.07) is 13.3. The molecule has 4 rings (SSSR count). The van der Waals surface area contributed by atoms with Crippen LogP contribution >= 0.6 is 11.6 Å². The van der Waals surface area contributed by atoms with E-state index in [9.17, 15) is 4.79 Å². The average molecular weight is 410 g/mol. The van der Waals surface area contributed by atoms with Gasteiger partial charge in [-0.15, -0.1) is 0 Å². The maximum atomic E-state index is 12.5. The quantitative estimate of drug-likeness (QED) is 0.641. The first-order valence-electron chi connectivity index (χ1n) is 9.23. The number of rotatable bonds is 4. The number of carbonyl (C=O) groups is 1. The molecule has 0 atom stereocenters. The highest BCUT2D eigenvalue weighted by Crippen LogP contribution is 2.38. The predicted molar refractivity (Wildman–Crippen MR) is 113 cm³/mol. The molecule has 0 spiro atoms. The number of halogens is 1. The third-order valence-electron chi connectivity index (χ3n) is 4.59. The average Bonchev–Trinajstić information content (AvgIpc) is 3.01. The molecule has 3 aromatic rings. The summed E-state index contributed by atoms with van der Waals surface area (Å²) in [6.07, 6.45) is 3.15. The maximum Gasteiger partial charge on any atom is 0.248 e. The van der Waals surface area contributed by atoms with Gasteiger partial charge in [0.2, 0.25) is 5.91 Å². The molecule has 148 valence electrons. The van der Waals surface area contributed by atoms with Gasteiger partial charge in [0.25, 0.3) is 0 Å². The van der Waals surface area contributed by atoms with Gasteiger partial charge in [0.05, 0.1) is 27.8 Å². The zero-order valence-electron chi connectivity index (χ0n) is 16.1. The Bertz CT molecular complexity index is 1090. The van der Waals surface area contributed by atoms with E-state index in [-0.39, 0.29) is 5.91 Å². The fraction of sp³-hybridized carbons (Fsp3) is 0.182. The first-order valence-corrected chi connectivity index (χ1v) is 9.60. The monoisotopic (exact) mass is 409 g/mol. The molecule has 2 aromatic carbocycles. The van der Waals surface area contributed by atoms with Crippen LogP contribution in [-0.2, 0) is 4.79 Å². The smallest absolute Gasteiger partial charge is 0.248 e.